The smallest absolute Gasteiger partial charge is 0.120 e. The number of nitriles is 1. The number of nitrogens with zero attached hydrogens (tertiary/aromatic N) is 3. The number of likely N-dealkylation sites (tertiary alicyclic amines) is 1. The van der Waals surface area contributed by atoms with Crippen LogP contribution in [0.15, 0.2) is 6.07 Å². The lowest BCUT2D eigenvalue weighted by Crippen LogP contribution is -2.41. The van der Waals surface area contributed by atoms with E-state index in [2.05, 4.69) is 37.2 Å². The van der Waals surface area contributed by atoms with Gasteiger partial charge in [0.15, 0.2) is 0 Å². The van der Waals surface area contributed by atoms with Gasteiger partial charge in [0.1, 0.15) is 11.8 Å². The topological polar surface area (TPSA) is 44.0 Å². The highest BCUT2D eigenvalue weighted by Gasteiger charge is 2.28. The number of rotatable bonds is 4. The Balaban J connectivity index is 1.89. The Morgan fingerprint density at radius 1 is 1.35 bits per heavy atom. The van der Waals surface area contributed by atoms with Gasteiger partial charge in [0.05, 0.1) is 0 Å². The van der Waals surface area contributed by atoms with Crippen molar-refractivity contribution in [2.24, 2.45) is 12.5 Å². The second-order valence-electron chi connectivity index (χ2n) is 6.53. The van der Waals surface area contributed by atoms with Crippen LogP contribution < -0.4 is 5.32 Å². The van der Waals surface area contributed by atoms with Crippen molar-refractivity contribution in [1.29, 1.82) is 5.26 Å². The van der Waals surface area contributed by atoms with Crippen LogP contribution in [-0.4, -0.2) is 36.1 Å². The van der Waals surface area contributed by atoms with Crippen molar-refractivity contribution in [3.63, 3.8) is 0 Å². The van der Waals surface area contributed by atoms with Crippen molar-refractivity contribution < 1.29 is 0 Å². The first-order chi connectivity index (χ1) is 9.45. The molecule has 1 aliphatic heterocycles. The van der Waals surface area contributed by atoms with Crippen LogP contribution in [0.1, 0.15) is 36.7 Å². The van der Waals surface area contributed by atoms with Gasteiger partial charge in [-0.25, -0.2) is 0 Å². The van der Waals surface area contributed by atoms with Crippen LogP contribution in [0.2, 0.25) is 0 Å². The third-order valence-corrected chi connectivity index (χ3v) is 4.82. The molecule has 2 rings (SSSR count). The van der Waals surface area contributed by atoms with Crippen molar-refractivity contribution in [1.82, 2.24) is 14.8 Å². The minimum Gasteiger partial charge on any atom is -0.340 e. The van der Waals surface area contributed by atoms with E-state index in [1.54, 1.807) is 0 Å². The number of aromatic nitrogens is 1. The Hall–Kier alpha value is -1.31. The standard InChI is InChI=1S/C16H26N4/c1-13-14(9-15(10-17)20(13)4)11-18-12-16(2)5-7-19(3)8-6-16/h9,18H,5-8,11-12H2,1-4H3. The summed E-state index contributed by atoms with van der Waals surface area (Å²) in [5, 5.41) is 12.6. The number of hydrogen-bond donors (Lipinski definition) is 1. The van der Waals surface area contributed by atoms with Crippen molar-refractivity contribution in [2.45, 2.75) is 33.2 Å². The van der Waals surface area contributed by atoms with E-state index >= 15 is 0 Å². The molecule has 4 nitrogen and oxygen atoms in total. The minimum absolute atomic E-state index is 0.410. The summed E-state index contributed by atoms with van der Waals surface area (Å²) in [6.45, 7) is 8.76. The van der Waals surface area contributed by atoms with E-state index in [-0.39, 0.29) is 0 Å². The molecule has 0 unspecified atom stereocenters. The monoisotopic (exact) mass is 274 g/mol. The number of hydrogen-bond acceptors (Lipinski definition) is 3. The number of nitrogens with one attached hydrogen (secondary N) is 1. The minimum atomic E-state index is 0.410. The van der Waals surface area contributed by atoms with Gasteiger partial charge in [-0.15, -0.1) is 0 Å². The van der Waals surface area contributed by atoms with E-state index in [1.165, 1.54) is 37.2 Å². The Morgan fingerprint density at radius 2 is 2.00 bits per heavy atom. The molecule has 0 bridgehead atoms. The predicted molar refractivity (Wildman–Crippen MR) is 81.4 cm³/mol. The normalized spacial score (nSPS) is 18.9. The fourth-order valence-electron chi connectivity index (χ4n) is 2.88. The lowest BCUT2D eigenvalue weighted by atomic mass is 9.80. The average molecular weight is 274 g/mol. The quantitative estimate of drug-likeness (QED) is 0.913. The molecular formula is C16H26N4. The summed E-state index contributed by atoms with van der Waals surface area (Å²) in [4.78, 5) is 2.41. The SMILES string of the molecule is Cc1c(CNCC2(C)CCN(C)CC2)cc(C#N)n1C. The zero-order valence-corrected chi connectivity index (χ0v) is 13.2. The van der Waals surface area contributed by atoms with Gasteiger partial charge >= 0.3 is 0 Å². The molecule has 20 heavy (non-hydrogen) atoms. The molecular weight excluding hydrogens is 248 g/mol. The third-order valence-electron chi connectivity index (χ3n) is 4.82. The summed E-state index contributed by atoms with van der Waals surface area (Å²) in [5.74, 6) is 0. The molecule has 0 spiro atoms. The molecule has 2 heterocycles. The molecule has 1 N–H and O–H groups in total. The Kier molecular flexibility index (Phi) is 4.52. The Morgan fingerprint density at radius 3 is 2.55 bits per heavy atom. The maximum Gasteiger partial charge on any atom is 0.120 e. The Labute approximate surface area is 122 Å². The highest BCUT2D eigenvalue weighted by molar-refractivity contribution is 5.34. The summed E-state index contributed by atoms with van der Waals surface area (Å²) < 4.78 is 1.97. The van der Waals surface area contributed by atoms with Crippen molar-refractivity contribution in [3.8, 4) is 6.07 Å². The van der Waals surface area contributed by atoms with Crippen molar-refractivity contribution in [3.05, 3.63) is 23.0 Å². The van der Waals surface area contributed by atoms with Gasteiger partial charge < -0.3 is 14.8 Å². The van der Waals surface area contributed by atoms with E-state index in [1.807, 2.05) is 17.7 Å². The van der Waals surface area contributed by atoms with E-state index in [4.69, 9.17) is 5.26 Å². The highest BCUT2D eigenvalue weighted by Crippen LogP contribution is 2.29. The highest BCUT2D eigenvalue weighted by atomic mass is 15.1. The van der Waals surface area contributed by atoms with Gasteiger partial charge in [-0.3, -0.25) is 0 Å². The fraction of sp³-hybridized carbons (Fsp3) is 0.688. The summed E-state index contributed by atoms with van der Waals surface area (Å²) in [5.41, 5.74) is 3.57. The van der Waals surface area contributed by atoms with E-state index in [0.29, 0.717) is 5.41 Å². The van der Waals surface area contributed by atoms with Gasteiger partial charge in [0.25, 0.3) is 0 Å². The first-order valence-corrected chi connectivity index (χ1v) is 7.40. The molecule has 1 saturated heterocycles. The fourth-order valence-corrected chi connectivity index (χ4v) is 2.88. The van der Waals surface area contributed by atoms with Crippen LogP contribution in [0.25, 0.3) is 0 Å². The van der Waals surface area contributed by atoms with Gasteiger partial charge in [-0.1, -0.05) is 6.92 Å². The van der Waals surface area contributed by atoms with Crippen LogP contribution in [0.4, 0.5) is 0 Å². The molecule has 110 valence electrons. The molecule has 0 aliphatic carbocycles. The van der Waals surface area contributed by atoms with Crippen molar-refractivity contribution in [2.75, 3.05) is 26.7 Å². The van der Waals surface area contributed by atoms with Gasteiger partial charge in [-0.05, 0) is 56.9 Å². The second-order valence-corrected chi connectivity index (χ2v) is 6.53. The van der Waals surface area contributed by atoms with Crippen LogP contribution in [0, 0.1) is 23.7 Å². The zero-order valence-electron chi connectivity index (χ0n) is 13.2. The van der Waals surface area contributed by atoms with Gasteiger partial charge in [0, 0.05) is 25.8 Å². The lowest BCUT2D eigenvalue weighted by molar-refractivity contribution is 0.137. The summed E-state index contributed by atoms with van der Waals surface area (Å²) in [6.07, 6.45) is 2.52. The van der Waals surface area contributed by atoms with Crippen LogP contribution in [0.5, 0.6) is 0 Å². The Bertz CT molecular complexity index is 501. The molecule has 0 radical (unpaired) electrons. The summed E-state index contributed by atoms with van der Waals surface area (Å²) >= 11 is 0. The van der Waals surface area contributed by atoms with Gasteiger partial charge in [0.2, 0.25) is 0 Å². The molecule has 4 heteroatoms. The van der Waals surface area contributed by atoms with E-state index in [0.717, 1.165) is 18.8 Å². The summed E-state index contributed by atoms with van der Waals surface area (Å²) in [6, 6.07) is 4.24. The van der Waals surface area contributed by atoms with Crippen LogP contribution in [-0.2, 0) is 13.6 Å². The largest absolute Gasteiger partial charge is 0.340 e. The molecule has 1 fully saturated rings. The molecule has 0 aromatic carbocycles. The van der Waals surface area contributed by atoms with Crippen LogP contribution in [0.3, 0.4) is 0 Å². The van der Waals surface area contributed by atoms with E-state index in [9.17, 15) is 0 Å². The molecule has 1 aliphatic rings. The zero-order chi connectivity index (χ0) is 14.8. The molecule has 0 atom stereocenters. The van der Waals surface area contributed by atoms with Gasteiger partial charge in [-0.2, -0.15) is 5.26 Å². The predicted octanol–water partition coefficient (Wildman–Crippen LogP) is 2.03. The number of piperidine rings is 1. The van der Waals surface area contributed by atoms with E-state index < -0.39 is 0 Å². The molecule has 0 saturated carbocycles. The molecule has 1 aromatic heterocycles. The van der Waals surface area contributed by atoms with Crippen molar-refractivity contribution >= 4 is 0 Å². The first kappa shape index (κ1) is 15.1. The average Bonchev–Trinajstić information content (AvgIpc) is 2.70. The first-order valence-electron chi connectivity index (χ1n) is 7.40. The maximum absolute atomic E-state index is 9.06. The second kappa shape index (κ2) is 5.99. The lowest BCUT2D eigenvalue weighted by Gasteiger charge is -2.38. The third kappa shape index (κ3) is 3.23. The summed E-state index contributed by atoms with van der Waals surface area (Å²) in [7, 11) is 4.15. The van der Waals surface area contributed by atoms with Crippen LogP contribution >= 0.6 is 0 Å². The maximum atomic E-state index is 9.06. The molecule has 1 aromatic rings. The molecule has 0 amide bonds.